The van der Waals surface area contributed by atoms with Gasteiger partial charge in [-0.05, 0) is 12.1 Å². The highest BCUT2D eigenvalue weighted by atomic mass is 28.3. The molecule has 0 N–H and O–H groups in total. The second-order valence-electron chi connectivity index (χ2n) is 2.07. The molecule has 0 aliphatic heterocycles. The van der Waals surface area contributed by atoms with Crippen LogP contribution in [0.2, 0.25) is 0 Å². The van der Waals surface area contributed by atoms with Gasteiger partial charge < -0.3 is 4.12 Å². The Hall–Kier alpha value is -0.386. The van der Waals surface area contributed by atoms with E-state index in [4.69, 9.17) is 4.12 Å². The van der Waals surface area contributed by atoms with Gasteiger partial charge in [0, 0.05) is 0 Å². The fraction of sp³-hybridized carbons (Fsp3) is 0.143. The lowest BCUT2D eigenvalue weighted by atomic mass is 10.2. The van der Waals surface area contributed by atoms with Crippen LogP contribution in [0.15, 0.2) is 24.3 Å². The maximum absolute atomic E-state index is 4.80. The molecule has 0 amide bonds. The Morgan fingerprint density at radius 1 is 1.30 bits per heavy atom. The summed E-state index contributed by atoms with van der Waals surface area (Å²) in [5.41, 5.74) is 1.28. The second kappa shape index (κ2) is 3.70. The number of hydrogen-bond donors (Lipinski definition) is 0. The van der Waals surface area contributed by atoms with Crippen molar-refractivity contribution in [3.63, 3.8) is 0 Å². The first-order chi connectivity index (χ1) is 4.83. The lowest BCUT2D eigenvalue weighted by Gasteiger charge is -1.96. The van der Waals surface area contributed by atoms with Crippen molar-refractivity contribution in [2.24, 2.45) is 0 Å². The van der Waals surface area contributed by atoms with Crippen LogP contribution in [-0.4, -0.2) is 20.2 Å². The minimum Gasteiger partial charge on any atom is -0.454 e. The van der Waals surface area contributed by atoms with E-state index < -0.39 is 0 Å². The third-order valence-corrected chi connectivity index (χ3v) is 2.20. The number of benzene rings is 1. The number of rotatable bonds is 2. The highest BCUT2D eigenvalue weighted by Gasteiger charge is 1.91. The summed E-state index contributed by atoms with van der Waals surface area (Å²) in [5.74, 6) is 0. The zero-order valence-corrected chi connectivity index (χ0v) is 7.72. The van der Waals surface area contributed by atoms with E-state index in [1.165, 1.54) is 10.8 Å². The molecule has 1 aromatic carbocycles. The molecule has 1 rings (SSSR count). The van der Waals surface area contributed by atoms with Crippen LogP contribution in [-0.2, 0) is 4.12 Å². The van der Waals surface area contributed by atoms with Gasteiger partial charge in [-0.2, -0.15) is 0 Å². The van der Waals surface area contributed by atoms with Crippen molar-refractivity contribution in [2.45, 2.75) is 6.92 Å². The molecule has 0 spiro atoms. The standard InChI is InChI=1S/C7H7OSi2/c1-6-2-4-7(5-3-6)10-8-9/h2-5H,1H3. The number of aryl methyl sites for hydroxylation is 1. The van der Waals surface area contributed by atoms with Gasteiger partial charge in [-0.25, -0.2) is 0 Å². The zero-order chi connectivity index (χ0) is 7.40. The molecule has 0 unspecified atom stereocenters. The Balaban J connectivity index is 2.69. The first-order valence-electron chi connectivity index (χ1n) is 2.98. The smallest absolute Gasteiger partial charge is 0.256 e. The van der Waals surface area contributed by atoms with E-state index in [0.717, 1.165) is 0 Å². The maximum atomic E-state index is 4.80. The molecule has 0 heterocycles. The highest BCUT2D eigenvalue weighted by molar-refractivity contribution is 6.50. The molecule has 1 aromatic rings. The van der Waals surface area contributed by atoms with Crippen LogP contribution in [0.4, 0.5) is 0 Å². The van der Waals surface area contributed by atoms with Gasteiger partial charge in [-0.1, -0.05) is 29.8 Å². The largest absolute Gasteiger partial charge is 0.454 e. The van der Waals surface area contributed by atoms with Crippen molar-refractivity contribution in [1.29, 1.82) is 0 Å². The van der Waals surface area contributed by atoms with Crippen molar-refractivity contribution in [3.8, 4) is 0 Å². The van der Waals surface area contributed by atoms with Crippen LogP contribution in [0.1, 0.15) is 5.56 Å². The third-order valence-electron chi connectivity index (χ3n) is 1.22. The molecule has 0 aliphatic carbocycles. The summed E-state index contributed by atoms with van der Waals surface area (Å²) in [5, 5.41) is 1.21. The van der Waals surface area contributed by atoms with Gasteiger partial charge >= 0.3 is 0 Å². The molecule has 49 valence electrons. The summed E-state index contributed by atoms with van der Waals surface area (Å²) in [4.78, 5) is 0. The summed E-state index contributed by atoms with van der Waals surface area (Å²) >= 11 is 0. The predicted molar refractivity (Wildman–Crippen MR) is 43.4 cm³/mol. The van der Waals surface area contributed by atoms with Gasteiger partial charge in [0.1, 0.15) is 0 Å². The molecule has 3 heteroatoms. The molecule has 0 bridgehead atoms. The third kappa shape index (κ3) is 2.09. The van der Waals surface area contributed by atoms with Crippen molar-refractivity contribution >= 4 is 25.4 Å². The van der Waals surface area contributed by atoms with E-state index in [-0.39, 0.29) is 0 Å². The molecular weight excluding hydrogens is 156 g/mol. The molecule has 0 saturated carbocycles. The van der Waals surface area contributed by atoms with Gasteiger partial charge in [-0.15, -0.1) is 0 Å². The van der Waals surface area contributed by atoms with Gasteiger partial charge in [0.2, 0.25) is 10.5 Å². The van der Waals surface area contributed by atoms with Crippen LogP contribution >= 0.6 is 0 Å². The molecule has 5 radical (unpaired) electrons. The summed E-state index contributed by atoms with van der Waals surface area (Å²) in [6.07, 6.45) is 0. The Bertz CT molecular complexity index is 195. The van der Waals surface area contributed by atoms with E-state index in [2.05, 4.69) is 41.7 Å². The Kier molecular flexibility index (Phi) is 2.86. The fourth-order valence-corrected chi connectivity index (χ4v) is 1.45. The first kappa shape index (κ1) is 7.72. The van der Waals surface area contributed by atoms with Crippen molar-refractivity contribution < 1.29 is 4.12 Å². The summed E-state index contributed by atoms with van der Waals surface area (Å²) in [7, 11) is 3.36. The van der Waals surface area contributed by atoms with Crippen molar-refractivity contribution in [2.75, 3.05) is 0 Å². The zero-order valence-electron chi connectivity index (χ0n) is 5.72. The molecular formula is C7H7OSi2. The van der Waals surface area contributed by atoms with Gasteiger partial charge in [-0.3, -0.25) is 0 Å². The fourth-order valence-electron chi connectivity index (χ4n) is 0.681. The second-order valence-corrected chi connectivity index (χ2v) is 3.67. The molecule has 0 saturated heterocycles. The topological polar surface area (TPSA) is 9.23 Å². The summed E-state index contributed by atoms with van der Waals surface area (Å²) < 4.78 is 4.80. The van der Waals surface area contributed by atoms with Crippen LogP contribution in [0.5, 0.6) is 0 Å². The Morgan fingerprint density at radius 3 is 2.40 bits per heavy atom. The SMILES string of the molecule is Cc1ccc([Si]O[Si])cc1. The molecule has 0 aliphatic rings. The first-order valence-corrected chi connectivity index (χ1v) is 4.30. The Morgan fingerprint density at radius 2 is 1.90 bits per heavy atom. The molecule has 10 heavy (non-hydrogen) atoms. The minimum atomic E-state index is 0.397. The lowest BCUT2D eigenvalue weighted by Crippen LogP contribution is -2.15. The molecule has 0 fully saturated rings. The van der Waals surface area contributed by atoms with E-state index in [1.807, 2.05) is 0 Å². The van der Waals surface area contributed by atoms with Gasteiger partial charge in [0.15, 0.2) is 0 Å². The van der Waals surface area contributed by atoms with E-state index in [1.54, 1.807) is 0 Å². The molecule has 0 atom stereocenters. The number of hydrogen-bond acceptors (Lipinski definition) is 1. The Labute approximate surface area is 66.9 Å². The van der Waals surface area contributed by atoms with E-state index >= 15 is 0 Å². The van der Waals surface area contributed by atoms with E-state index in [0.29, 0.717) is 9.76 Å². The van der Waals surface area contributed by atoms with Crippen LogP contribution in [0.3, 0.4) is 0 Å². The summed E-state index contributed by atoms with van der Waals surface area (Å²) in [6, 6.07) is 8.28. The van der Waals surface area contributed by atoms with Gasteiger partial charge in [0.25, 0.3) is 9.76 Å². The quantitative estimate of drug-likeness (QED) is 0.571. The van der Waals surface area contributed by atoms with Crippen LogP contribution in [0.25, 0.3) is 0 Å². The normalized spacial score (nSPS) is 9.80. The van der Waals surface area contributed by atoms with Gasteiger partial charge in [0.05, 0.1) is 0 Å². The minimum absolute atomic E-state index is 0.397. The van der Waals surface area contributed by atoms with Crippen molar-refractivity contribution in [1.82, 2.24) is 0 Å². The lowest BCUT2D eigenvalue weighted by molar-refractivity contribution is 0.676. The van der Waals surface area contributed by atoms with Crippen molar-refractivity contribution in [3.05, 3.63) is 29.8 Å². The van der Waals surface area contributed by atoms with E-state index in [9.17, 15) is 0 Å². The highest BCUT2D eigenvalue weighted by Crippen LogP contribution is 1.91. The predicted octanol–water partition coefficient (Wildman–Crippen LogP) is 0.340. The monoisotopic (exact) mass is 163 g/mol. The average molecular weight is 163 g/mol. The molecule has 1 nitrogen and oxygen atoms in total. The summed E-state index contributed by atoms with van der Waals surface area (Å²) in [6.45, 7) is 2.07. The van der Waals surface area contributed by atoms with Crippen LogP contribution < -0.4 is 5.19 Å². The maximum Gasteiger partial charge on any atom is 0.256 e. The van der Waals surface area contributed by atoms with Crippen LogP contribution in [0, 0.1) is 6.92 Å². The average Bonchev–Trinajstić information content (AvgIpc) is 1.95. The molecule has 0 aromatic heterocycles.